The van der Waals surface area contributed by atoms with Crippen molar-refractivity contribution in [2.45, 2.75) is 6.54 Å². The first-order valence-corrected chi connectivity index (χ1v) is 7.33. The van der Waals surface area contributed by atoms with E-state index in [1.807, 2.05) is 36.4 Å². The van der Waals surface area contributed by atoms with Crippen LogP contribution in [-0.4, -0.2) is 9.55 Å². The molecule has 3 aromatic carbocycles. The van der Waals surface area contributed by atoms with Gasteiger partial charge in [0.2, 0.25) is 0 Å². The number of hydrogen-bond acceptors (Lipinski definition) is 2. The van der Waals surface area contributed by atoms with Gasteiger partial charge in [0.05, 0.1) is 17.4 Å². The minimum absolute atomic E-state index is 0.0425. The van der Waals surface area contributed by atoms with Crippen molar-refractivity contribution in [1.82, 2.24) is 9.55 Å². The zero-order valence-corrected chi connectivity index (χ0v) is 11.8. The van der Waals surface area contributed by atoms with Gasteiger partial charge >= 0.3 is 0 Å². The monoisotopic (exact) mass is 284 g/mol. The molecule has 0 saturated carbocycles. The van der Waals surface area contributed by atoms with E-state index in [0.29, 0.717) is 11.9 Å². The Bertz CT molecular complexity index is 1130. The molecule has 1 aliphatic rings. The summed E-state index contributed by atoms with van der Waals surface area (Å²) in [5.41, 5.74) is 3.04. The van der Waals surface area contributed by atoms with E-state index in [1.54, 1.807) is 4.57 Å². The van der Waals surface area contributed by atoms with Crippen LogP contribution in [-0.2, 0) is 6.54 Å². The van der Waals surface area contributed by atoms with Gasteiger partial charge in [0.25, 0.3) is 5.56 Å². The van der Waals surface area contributed by atoms with E-state index in [1.165, 1.54) is 16.3 Å². The predicted octanol–water partition coefficient (Wildman–Crippen LogP) is 3.58. The summed E-state index contributed by atoms with van der Waals surface area (Å²) in [6.45, 7) is 0.603. The zero-order valence-electron chi connectivity index (χ0n) is 11.8. The van der Waals surface area contributed by atoms with Crippen LogP contribution in [0.2, 0.25) is 0 Å². The first-order chi connectivity index (χ1) is 10.8. The van der Waals surface area contributed by atoms with Crippen molar-refractivity contribution in [2.24, 2.45) is 0 Å². The van der Waals surface area contributed by atoms with Crippen LogP contribution in [0.1, 0.15) is 5.56 Å². The van der Waals surface area contributed by atoms with Crippen LogP contribution in [0.3, 0.4) is 0 Å². The molecule has 1 aliphatic heterocycles. The van der Waals surface area contributed by atoms with Crippen LogP contribution in [0.25, 0.3) is 33.1 Å². The summed E-state index contributed by atoms with van der Waals surface area (Å²) in [5, 5.41) is 3.06. The van der Waals surface area contributed by atoms with E-state index in [9.17, 15) is 4.79 Å². The standard InChI is InChI=1S/C19H12N2O/c22-19-15-7-3-4-8-17(15)20-18-16-10-13-6-2-1-5-12(13)9-14(16)11-21(18)19/h1-10H,11H2. The molecular weight excluding hydrogens is 272 g/mol. The van der Waals surface area contributed by atoms with Gasteiger partial charge in [-0.2, -0.15) is 0 Å². The maximum atomic E-state index is 12.7. The van der Waals surface area contributed by atoms with E-state index < -0.39 is 0 Å². The maximum absolute atomic E-state index is 12.7. The van der Waals surface area contributed by atoms with Gasteiger partial charge in [-0.3, -0.25) is 9.36 Å². The van der Waals surface area contributed by atoms with Gasteiger partial charge in [-0.05, 0) is 40.6 Å². The Balaban J connectivity index is 1.90. The number of fused-ring (bicyclic) bond motifs is 5. The third-order valence-corrected chi connectivity index (χ3v) is 4.40. The predicted molar refractivity (Wildman–Crippen MR) is 88.0 cm³/mol. The van der Waals surface area contributed by atoms with Gasteiger partial charge in [-0.1, -0.05) is 36.4 Å². The third-order valence-electron chi connectivity index (χ3n) is 4.40. The van der Waals surface area contributed by atoms with Crippen molar-refractivity contribution in [2.75, 3.05) is 0 Å². The molecule has 0 amide bonds. The molecule has 3 nitrogen and oxygen atoms in total. The summed E-state index contributed by atoms with van der Waals surface area (Å²) in [7, 11) is 0. The van der Waals surface area contributed by atoms with Gasteiger partial charge in [0, 0.05) is 5.56 Å². The van der Waals surface area contributed by atoms with Crippen molar-refractivity contribution in [1.29, 1.82) is 0 Å². The molecule has 104 valence electrons. The van der Waals surface area contributed by atoms with E-state index in [4.69, 9.17) is 4.98 Å². The lowest BCUT2D eigenvalue weighted by atomic mass is 10.0. The Morgan fingerprint density at radius 2 is 1.64 bits per heavy atom. The Morgan fingerprint density at radius 1 is 0.909 bits per heavy atom. The molecule has 3 heteroatoms. The van der Waals surface area contributed by atoms with Crippen LogP contribution in [0, 0.1) is 0 Å². The lowest BCUT2D eigenvalue weighted by molar-refractivity contribution is 0.797. The molecule has 0 unspecified atom stereocenters. The molecule has 2 heterocycles. The molecule has 0 atom stereocenters. The molecule has 4 aromatic rings. The van der Waals surface area contributed by atoms with Crippen molar-refractivity contribution in [3.8, 4) is 11.4 Å². The number of para-hydroxylation sites is 1. The fourth-order valence-electron chi connectivity index (χ4n) is 3.32. The molecule has 5 rings (SSSR count). The minimum Gasteiger partial charge on any atom is -0.288 e. The molecule has 0 saturated heterocycles. The highest BCUT2D eigenvalue weighted by Gasteiger charge is 2.22. The lowest BCUT2D eigenvalue weighted by Gasteiger charge is -2.05. The van der Waals surface area contributed by atoms with Crippen LogP contribution in [0.5, 0.6) is 0 Å². The molecule has 0 bridgehead atoms. The highest BCUT2D eigenvalue weighted by Crippen LogP contribution is 2.33. The summed E-state index contributed by atoms with van der Waals surface area (Å²) >= 11 is 0. The van der Waals surface area contributed by atoms with E-state index in [-0.39, 0.29) is 5.56 Å². The van der Waals surface area contributed by atoms with E-state index in [0.717, 1.165) is 16.9 Å². The van der Waals surface area contributed by atoms with E-state index >= 15 is 0 Å². The maximum Gasteiger partial charge on any atom is 0.261 e. The largest absolute Gasteiger partial charge is 0.288 e. The molecule has 0 radical (unpaired) electrons. The minimum atomic E-state index is 0.0425. The first-order valence-electron chi connectivity index (χ1n) is 7.33. The smallest absolute Gasteiger partial charge is 0.261 e. The average Bonchev–Trinajstić information content (AvgIpc) is 2.91. The second-order valence-electron chi connectivity index (χ2n) is 5.70. The van der Waals surface area contributed by atoms with Crippen LogP contribution in [0.4, 0.5) is 0 Å². The number of rotatable bonds is 0. The average molecular weight is 284 g/mol. The zero-order chi connectivity index (χ0) is 14.7. The van der Waals surface area contributed by atoms with Crippen molar-refractivity contribution >= 4 is 21.7 Å². The lowest BCUT2D eigenvalue weighted by Crippen LogP contribution is -2.20. The SMILES string of the molecule is O=c1c2ccccc2nc2n1Cc1cc3ccccc3cc1-2. The van der Waals surface area contributed by atoms with Gasteiger partial charge < -0.3 is 0 Å². The summed E-state index contributed by atoms with van der Waals surface area (Å²) in [4.78, 5) is 17.4. The summed E-state index contributed by atoms with van der Waals surface area (Å²) in [6, 6.07) is 20.1. The van der Waals surface area contributed by atoms with Crippen molar-refractivity contribution in [3.63, 3.8) is 0 Å². The second kappa shape index (κ2) is 4.04. The van der Waals surface area contributed by atoms with Crippen LogP contribution >= 0.6 is 0 Å². The molecule has 0 aliphatic carbocycles. The van der Waals surface area contributed by atoms with Crippen LogP contribution < -0.4 is 5.56 Å². The number of nitrogens with zero attached hydrogens (tertiary/aromatic N) is 2. The number of hydrogen-bond donors (Lipinski definition) is 0. The number of benzene rings is 3. The quantitative estimate of drug-likeness (QED) is 0.435. The van der Waals surface area contributed by atoms with E-state index in [2.05, 4.69) is 24.3 Å². The summed E-state index contributed by atoms with van der Waals surface area (Å²) in [5.74, 6) is 0.782. The Kier molecular flexibility index (Phi) is 2.15. The first kappa shape index (κ1) is 11.7. The van der Waals surface area contributed by atoms with Crippen LogP contribution in [0.15, 0.2) is 65.5 Å². The summed E-state index contributed by atoms with van der Waals surface area (Å²) < 4.78 is 1.78. The second-order valence-corrected chi connectivity index (χ2v) is 5.70. The van der Waals surface area contributed by atoms with Gasteiger partial charge in [-0.15, -0.1) is 0 Å². The van der Waals surface area contributed by atoms with Gasteiger partial charge in [0.15, 0.2) is 0 Å². The Labute approximate surface area is 126 Å². The molecule has 1 aromatic heterocycles. The molecule has 0 N–H and O–H groups in total. The topological polar surface area (TPSA) is 34.9 Å². The fraction of sp³-hybridized carbons (Fsp3) is 0.0526. The molecule has 0 fully saturated rings. The highest BCUT2D eigenvalue weighted by atomic mass is 16.1. The summed E-state index contributed by atoms with van der Waals surface area (Å²) in [6.07, 6.45) is 0. The Hall–Kier alpha value is -2.94. The number of aromatic nitrogens is 2. The molecular formula is C19H12N2O. The van der Waals surface area contributed by atoms with Gasteiger partial charge in [-0.25, -0.2) is 4.98 Å². The van der Waals surface area contributed by atoms with Crippen molar-refractivity contribution in [3.05, 3.63) is 76.6 Å². The fourth-order valence-corrected chi connectivity index (χ4v) is 3.32. The Morgan fingerprint density at radius 3 is 2.50 bits per heavy atom. The van der Waals surface area contributed by atoms with Crippen molar-refractivity contribution < 1.29 is 0 Å². The van der Waals surface area contributed by atoms with Gasteiger partial charge in [0.1, 0.15) is 5.82 Å². The third kappa shape index (κ3) is 1.45. The molecule has 22 heavy (non-hydrogen) atoms. The normalized spacial score (nSPS) is 12.5. The molecule has 0 spiro atoms. The highest BCUT2D eigenvalue weighted by molar-refractivity contribution is 5.90.